The zero-order valence-electron chi connectivity index (χ0n) is 10.5. The maximum atomic E-state index is 5.30. The SMILES string of the molecule is CCCNC(CC(C)C)CC(C)OC. The summed E-state index contributed by atoms with van der Waals surface area (Å²) in [6.07, 6.45) is 3.93. The van der Waals surface area contributed by atoms with Crippen molar-refractivity contribution >= 4 is 0 Å². The predicted molar refractivity (Wildman–Crippen MR) is 62.6 cm³/mol. The predicted octanol–water partition coefficient (Wildman–Crippen LogP) is 2.83. The lowest BCUT2D eigenvalue weighted by Gasteiger charge is -2.23. The molecule has 86 valence electrons. The summed E-state index contributed by atoms with van der Waals surface area (Å²) in [5.41, 5.74) is 0. The van der Waals surface area contributed by atoms with E-state index in [-0.39, 0.29) is 0 Å². The molecule has 0 aromatic carbocycles. The topological polar surface area (TPSA) is 21.3 Å². The van der Waals surface area contributed by atoms with Crippen molar-refractivity contribution in [1.29, 1.82) is 0 Å². The van der Waals surface area contributed by atoms with Gasteiger partial charge in [0.25, 0.3) is 0 Å². The van der Waals surface area contributed by atoms with Crippen molar-refractivity contribution in [3.8, 4) is 0 Å². The summed E-state index contributed by atoms with van der Waals surface area (Å²) in [5, 5.41) is 3.59. The first kappa shape index (κ1) is 13.9. The van der Waals surface area contributed by atoms with Crippen LogP contribution in [0.3, 0.4) is 0 Å². The third kappa shape index (κ3) is 7.34. The zero-order valence-corrected chi connectivity index (χ0v) is 10.5. The number of ether oxygens (including phenoxy) is 1. The lowest BCUT2D eigenvalue weighted by atomic mass is 9.99. The molecular weight excluding hydrogens is 174 g/mol. The second-order valence-corrected chi connectivity index (χ2v) is 4.56. The van der Waals surface area contributed by atoms with Gasteiger partial charge in [-0.3, -0.25) is 0 Å². The molecule has 0 aliphatic rings. The van der Waals surface area contributed by atoms with Gasteiger partial charge in [-0.15, -0.1) is 0 Å². The van der Waals surface area contributed by atoms with E-state index in [0.717, 1.165) is 18.9 Å². The highest BCUT2D eigenvalue weighted by Gasteiger charge is 2.13. The summed E-state index contributed by atoms with van der Waals surface area (Å²) >= 11 is 0. The van der Waals surface area contributed by atoms with Gasteiger partial charge in [0.05, 0.1) is 6.10 Å². The van der Waals surface area contributed by atoms with Gasteiger partial charge in [0, 0.05) is 13.2 Å². The fraction of sp³-hybridized carbons (Fsp3) is 1.00. The maximum absolute atomic E-state index is 5.30. The van der Waals surface area contributed by atoms with E-state index < -0.39 is 0 Å². The Labute approximate surface area is 89.4 Å². The Morgan fingerprint density at radius 2 is 1.79 bits per heavy atom. The third-order valence-corrected chi connectivity index (χ3v) is 2.46. The van der Waals surface area contributed by atoms with Crippen LogP contribution in [0.25, 0.3) is 0 Å². The molecule has 0 aromatic heterocycles. The fourth-order valence-electron chi connectivity index (χ4n) is 1.68. The largest absolute Gasteiger partial charge is 0.382 e. The first-order valence-electron chi connectivity index (χ1n) is 5.86. The van der Waals surface area contributed by atoms with Crippen molar-refractivity contribution in [2.45, 2.75) is 59.1 Å². The molecule has 0 amide bonds. The lowest BCUT2D eigenvalue weighted by molar-refractivity contribution is 0.0976. The van der Waals surface area contributed by atoms with E-state index in [2.05, 4.69) is 33.0 Å². The van der Waals surface area contributed by atoms with Crippen LogP contribution in [0.1, 0.15) is 47.0 Å². The fourth-order valence-corrected chi connectivity index (χ4v) is 1.68. The quantitative estimate of drug-likeness (QED) is 0.652. The molecule has 0 aliphatic heterocycles. The van der Waals surface area contributed by atoms with E-state index in [1.165, 1.54) is 12.8 Å². The van der Waals surface area contributed by atoms with Crippen molar-refractivity contribution < 1.29 is 4.74 Å². The smallest absolute Gasteiger partial charge is 0.0558 e. The number of hydrogen-bond acceptors (Lipinski definition) is 2. The van der Waals surface area contributed by atoms with Gasteiger partial charge in [-0.25, -0.2) is 0 Å². The Kier molecular flexibility index (Phi) is 8.20. The minimum Gasteiger partial charge on any atom is -0.382 e. The standard InChI is InChI=1S/C12H27NO/c1-6-7-13-12(8-10(2)3)9-11(4)14-5/h10-13H,6-9H2,1-5H3. The van der Waals surface area contributed by atoms with Crippen molar-refractivity contribution in [3.63, 3.8) is 0 Å². The van der Waals surface area contributed by atoms with Gasteiger partial charge in [-0.1, -0.05) is 20.8 Å². The van der Waals surface area contributed by atoms with Crippen molar-refractivity contribution in [3.05, 3.63) is 0 Å². The molecule has 0 aromatic rings. The van der Waals surface area contributed by atoms with Gasteiger partial charge >= 0.3 is 0 Å². The van der Waals surface area contributed by atoms with Gasteiger partial charge in [0.1, 0.15) is 0 Å². The second kappa shape index (κ2) is 8.25. The maximum Gasteiger partial charge on any atom is 0.0558 e. The molecule has 0 rings (SSSR count). The Hall–Kier alpha value is -0.0800. The van der Waals surface area contributed by atoms with Crippen LogP contribution in [-0.2, 0) is 4.74 Å². The van der Waals surface area contributed by atoms with Gasteiger partial charge in [-0.05, 0) is 38.6 Å². The highest BCUT2D eigenvalue weighted by atomic mass is 16.5. The van der Waals surface area contributed by atoms with Gasteiger partial charge in [-0.2, -0.15) is 0 Å². The van der Waals surface area contributed by atoms with Crippen LogP contribution in [0.5, 0.6) is 0 Å². The molecule has 14 heavy (non-hydrogen) atoms. The van der Waals surface area contributed by atoms with E-state index in [0.29, 0.717) is 12.1 Å². The second-order valence-electron chi connectivity index (χ2n) is 4.56. The third-order valence-electron chi connectivity index (χ3n) is 2.46. The Balaban J connectivity index is 3.83. The molecule has 0 radical (unpaired) electrons. The molecule has 0 bridgehead atoms. The van der Waals surface area contributed by atoms with Gasteiger partial charge < -0.3 is 10.1 Å². The highest BCUT2D eigenvalue weighted by molar-refractivity contribution is 4.71. The summed E-state index contributed by atoms with van der Waals surface area (Å²) < 4.78 is 5.30. The average molecular weight is 201 g/mol. The van der Waals surface area contributed by atoms with E-state index in [4.69, 9.17) is 4.74 Å². The number of methoxy groups -OCH3 is 1. The summed E-state index contributed by atoms with van der Waals surface area (Å²) in [6, 6.07) is 0.616. The van der Waals surface area contributed by atoms with E-state index in [1.807, 2.05) is 0 Å². The molecular formula is C12H27NO. The van der Waals surface area contributed by atoms with Crippen molar-refractivity contribution in [2.75, 3.05) is 13.7 Å². The van der Waals surface area contributed by atoms with Crippen LogP contribution >= 0.6 is 0 Å². The van der Waals surface area contributed by atoms with E-state index in [9.17, 15) is 0 Å². The molecule has 0 fully saturated rings. The molecule has 2 heteroatoms. The molecule has 2 unspecified atom stereocenters. The highest BCUT2D eigenvalue weighted by Crippen LogP contribution is 2.11. The summed E-state index contributed by atoms with van der Waals surface area (Å²) in [5.74, 6) is 0.758. The molecule has 1 N–H and O–H groups in total. The number of nitrogens with one attached hydrogen (secondary N) is 1. The molecule has 0 aliphatic carbocycles. The Morgan fingerprint density at radius 3 is 2.21 bits per heavy atom. The Morgan fingerprint density at radius 1 is 1.14 bits per heavy atom. The molecule has 2 atom stereocenters. The molecule has 0 saturated carbocycles. The minimum atomic E-state index is 0.364. The minimum absolute atomic E-state index is 0.364. The summed E-state index contributed by atoms with van der Waals surface area (Å²) in [4.78, 5) is 0. The average Bonchev–Trinajstić information content (AvgIpc) is 2.13. The molecule has 0 heterocycles. The number of hydrogen-bond donors (Lipinski definition) is 1. The van der Waals surface area contributed by atoms with Gasteiger partial charge in [0.2, 0.25) is 0 Å². The monoisotopic (exact) mass is 201 g/mol. The van der Waals surface area contributed by atoms with Gasteiger partial charge in [0.15, 0.2) is 0 Å². The lowest BCUT2D eigenvalue weighted by Crippen LogP contribution is -2.34. The molecule has 0 spiro atoms. The first-order valence-corrected chi connectivity index (χ1v) is 5.86. The van der Waals surface area contributed by atoms with Crippen LogP contribution in [0.2, 0.25) is 0 Å². The van der Waals surface area contributed by atoms with Crippen LogP contribution < -0.4 is 5.32 Å². The van der Waals surface area contributed by atoms with Crippen LogP contribution in [0.4, 0.5) is 0 Å². The zero-order chi connectivity index (χ0) is 11.0. The summed E-state index contributed by atoms with van der Waals surface area (Å²) in [6.45, 7) is 10.0. The van der Waals surface area contributed by atoms with Crippen molar-refractivity contribution in [1.82, 2.24) is 5.32 Å². The van der Waals surface area contributed by atoms with Crippen LogP contribution in [0.15, 0.2) is 0 Å². The van der Waals surface area contributed by atoms with Crippen LogP contribution in [0, 0.1) is 5.92 Å². The van der Waals surface area contributed by atoms with Crippen molar-refractivity contribution in [2.24, 2.45) is 5.92 Å². The van der Waals surface area contributed by atoms with E-state index in [1.54, 1.807) is 7.11 Å². The number of rotatable bonds is 8. The van der Waals surface area contributed by atoms with Crippen LogP contribution in [-0.4, -0.2) is 25.8 Å². The van der Waals surface area contributed by atoms with E-state index >= 15 is 0 Å². The molecule has 0 saturated heterocycles. The normalized spacial score (nSPS) is 15.9. The molecule has 2 nitrogen and oxygen atoms in total. The Bertz CT molecular complexity index is 125. The summed E-state index contributed by atoms with van der Waals surface area (Å²) in [7, 11) is 1.79. The first-order chi connectivity index (χ1) is 6.60.